The van der Waals surface area contributed by atoms with Gasteiger partial charge in [0.05, 0.1) is 17.9 Å². The molecule has 5 nitrogen and oxygen atoms in total. The van der Waals surface area contributed by atoms with Crippen molar-refractivity contribution in [1.29, 1.82) is 0 Å². The van der Waals surface area contributed by atoms with Crippen LogP contribution in [-0.2, 0) is 0 Å². The molecule has 0 unspecified atom stereocenters. The van der Waals surface area contributed by atoms with E-state index in [4.69, 9.17) is 21.6 Å². The van der Waals surface area contributed by atoms with Crippen LogP contribution in [0.1, 0.15) is 11.1 Å². The zero-order chi connectivity index (χ0) is 18.1. The van der Waals surface area contributed by atoms with E-state index in [9.17, 15) is 0 Å². The minimum Gasteiger partial charge on any atom is -0.340 e. The van der Waals surface area contributed by atoms with Crippen molar-refractivity contribution in [3.05, 3.63) is 71.0 Å². The third-order valence-electron chi connectivity index (χ3n) is 4.00. The molecule has 0 saturated heterocycles. The third kappa shape index (κ3) is 3.34. The molecular weight excluding hydrogens is 346 g/mol. The highest BCUT2D eigenvalue weighted by Crippen LogP contribution is 2.29. The lowest BCUT2D eigenvalue weighted by Gasteiger charge is -2.12. The van der Waals surface area contributed by atoms with Gasteiger partial charge in [0.1, 0.15) is 5.82 Å². The predicted molar refractivity (Wildman–Crippen MR) is 105 cm³/mol. The second kappa shape index (κ2) is 6.69. The van der Waals surface area contributed by atoms with Gasteiger partial charge in [0, 0.05) is 21.7 Å². The zero-order valence-electron chi connectivity index (χ0n) is 14.4. The number of anilines is 2. The average Bonchev–Trinajstić information content (AvgIpc) is 2.61. The Morgan fingerprint density at radius 1 is 0.885 bits per heavy atom. The normalized spacial score (nSPS) is 10.9. The summed E-state index contributed by atoms with van der Waals surface area (Å²) < 4.78 is 0. The molecule has 0 atom stereocenters. The maximum atomic E-state index is 6.19. The Labute approximate surface area is 156 Å². The number of benzene rings is 2. The van der Waals surface area contributed by atoms with E-state index in [0.717, 1.165) is 39.1 Å². The summed E-state index contributed by atoms with van der Waals surface area (Å²) in [5.41, 5.74) is 4.78. The summed E-state index contributed by atoms with van der Waals surface area (Å²) in [6.45, 7) is 4.05. The molecule has 0 aliphatic carbocycles. The molecule has 0 spiro atoms. The number of nitrogens with one attached hydrogen (secondary N) is 1. The fourth-order valence-electron chi connectivity index (χ4n) is 2.83. The first-order valence-electron chi connectivity index (χ1n) is 8.18. The minimum atomic E-state index is 0.597. The highest BCUT2D eigenvalue weighted by molar-refractivity contribution is 6.31. The second-order valence-electron chi connectivity index (χ2n) is 6.19. The zero-order valence-corrected chi connectivity index (χ0v) is 15.1. The topological polar surface area (TPSA) is 63.6 Å². The fraction of sp³-hybridized carbons (Fsp3) is 0.100. The fourth-order valence-corrected chi connectivity index (χ4v) is 3.12. The number of nitrogens with zero attached hydrogens (tertiary/aromatic N) is 4. The molecule has 0 aliphatic rings. The van der Waals surface area contributed by atoms with Crippen LogP contribution in [0, 0.1) is 13.8 Å². The van der Waals surface area contributed by atoms with E-state index < -0.39 is 0 Å². The first-order chi connectivity index (χ1) is 12.6. The lowest BCUT2D eigenvalue weighted by atomic mass is 10.1. The number of hydrogen-bond acceptors (Lipinski definition) is 5. The Morgan fingerprint density at radius 2 is 1.77 bits per heavy atom. The molecule has 2 aromatic carbocycles. The van der Waals surface area contributed by atoms with Gasteiger partial charge < -0.3 is 5.32 Å². The van der Waals surface area contributed by atoms with Crippen molar-refractivity contribution in [3.63, 3.8) is 0 Å². The molecule has 0 saturated carbocycles. The number of fused-ring (bicyclic) bond motifs is 1. The summed E-state index contributed by atoms with van der Waals surface area (Å²) in [5.74, 6) is 1.32. The molecule has 0 fully saturated rings. The first kappa shape index (κ1) is 16.4. The Hall–Kier alpha value is -3.05. The Balaban J connectivity index is 1.89. The van der Waals surface area contributed by atoms with Crippen LogP contribution in [0.15, 0.2) is 54.9 Å². The van der Waals surface area contributed by atoms with E-state index in [2.05, 4.69) is 15.5 Å². The summed E-state index contributed by atoms with van der Waals surface area (Å²) in [5, 5.41) is 12.8. The van der Waals surface area contributed by atoms with Gasteiger partial charge >= 0.3 is 0 Å². The number of aryl methyl sites for hydroxylation is 2. The van der Waals surface area contributed by atoms with Gasteiger partial charge in [0.25, 0.3) is 0 Å². The molecule has 2 heterocycles. The molecule has 0 bridgehead atoms. The Kier molecular flexibility index (Phi) is 4.22. The van der Waals surface area contributed by atoms with Crippen molar-refractivity contribution < 1.29 is 0 Å². The largest absolute Gasteiger partial charge is 0.340 e. The van der Waals surface area contributed by atoms with Gasteiger partial charge in [-0.2, -0.15) is 10.2 Å². The highest BCUT2D eigenvalue weighted by Gasteiger charge is 2.11. The van der Waals surface area contributed by atoms with Crippen LogP contribution < -0.4 is 5.32 Å². The molecule has 4 aromatic rings. The monoisotopic (exact) mass is 361 g/mol. The minimum absolute atomic E-state index is 0.597. The molecule has 2 aromatic heterocycles. The number of halogens is 1. The van der Waals surface area contributed by atoms with Gasteiger partial charge in [0.2, 0.25) is 0 Å². The van der Waals surface area contributed by atoms with Crippen LogP contribution in [0.4, 0.5) is 11.5 Å². The van der Waals surface area contributed by atoms with E-state index in [0.29, 0.717) is 10.8 Å². The van der Waals surface area contributed by atoms with Crippen molar-refractivity contribution in [2.75, 3.05) is 5.32 Å². The van der Waals surface area contributed by atoms with Crippen LogP contribution in [-0.4, -0.2) is 20.2 Å². The average molecular weight is 362 g/mol. The molecule has 1 N–H and O–H groups in total. The highest BCUT2D eigenvalue weighted by atomic mass is 35.5. The molecular formula is C20H16ClN5. The molecule has 4 rings (SSSR count). The predicted octanol–water partition coefficient (Wildman–Crippen LogP) is 5.10. The van der Waals surface area contributed by atoms with Crippen molar-refractivity contribution in [2.24, 2.45) is 0 Å². The van der Waals surface area contributed by atoms with Crippen LogP contribution >= 0.6 is 11.6 Å². The summed E-state index contributed by atoms with van der Waals surface area (Å²) in [6.07, 6.45) is 3.29. The van der Waals surface area contributed by atoms with Crippen molar-refractivity contribution in [3.8, 4) is 11.4 Å². The van der Waals surface area contributed by atoms with E-state index in [1.54, 1.807) is 12.4 Å². The van der Waals surface area contributed by atoms with E-state index >= 15 is 0 Å². The molecule has 0 amide bonds. The van der Waals surface area contributed by atoms with Crippen LogP contribution in [0.3, 0.4) is 0 Å². The summed E-state index contributed by atoms with van der Waals surface area (Å²) >= 11 is 6.19. The SMILES string of the molecule is Cc1cc(Cl)cc(Nc2nc(-c3ccnnc3)nc3cc(C)ccc23)c1. The number of hydrogen-bond donors (Lipinski definition) is 1. The van der Waals surface area contributed by atoms with Gasteiger partial charge in [-0.1, -0.05) is 17.7 Å². The maximum absolute atomic E-state index is 6.19. The molecule has 6 heteroatoms. The quantitative estimate of drug-likeness (QED) is 0.550. The van der Waals surface area contributed by atoms with Crippen LogP contribution in [0.25, 0.3) is 22.3 Å². The molecule has 0 aliphatic heterocycles. The van der Waals surface area contributed by atoms with Gasteiger partial charge in [-0.05, 0) is 61.4 Å². The summed E-state index contributed by atoms with van der Waals surface area (Å²) in [6, 6.07) is 13.8. The molecule has 128 valence electrons. The number of rotatable bonds is 3. The maximum Gasteiger partial charge on any atom is 0.163 e. The van der Waals surface area contributed by atoms with Gasteiger partial charge in [-0.3, -0.25) is 0 Å². The van der Waals surface area contributed by atoms with Crippen LogP contribution in [0.5, 0.6) is 0 Å². The second-order valence-corrected chi connectivity index (χ2v) is 6.63. The summed E-state index contributed by atoms with van der Waals surface area (Å²) in [4.78, 5) is 9.42. The van der Waals surface area contributed by atoms with Crippen LogP contribution in [0.2, 0.25) is 5.02 Å². The Morgan fingerprint density at radius 3 is 2.54 bits per heavy atom. The molecule has 26 heavy (non-hydrogen) atoms. The lowest BCUT2D eigenvalue weighted by Crippen LogP contribution is -2.00. The van der Waals surface area contributed by atoms with E-state index in [-0.39, 0.29) is 0 Å². The van der Waals surface area contributed by atoms with Gasteiger partial charge in [0.15, 0.2) is 5.82 Å². The third-order valence-corrected chi connectivity index (χ3v) is 4.22. The van der Waals surface area contributed by atoms with E-state index in [1.807, 2.05) is 56.3 Å². The molecule has 0 radical (unpaired) electrons. The lowest BCUT2D eigenvalue weighted by molar-refractivity contribution is 1.03. The van der Waals surface area contributed by atoms with Crippen molar-refractivity contribution >= 4 is 34.0 Å². The number of aromatic nitrogens is 4. The van der Waals surface area contributed by atoms with Crippen molar-refractivity contribution in [1.82, 2.24) is 20.2 Å². The van der Waals surface area contributed by atoms with Gasteiger partial charge in [-0.15, -0.1) is 0 Å². The van der Waals surface area contributed by atoms with Gasteiger partial charge in [-0.25, -0.2) is 9.97 Å². The first-order valence-corrected chi connectivity index (χ1v) is 8.56. The summed E-state index contributed by atoms with van der Waals surface area (Å²) in [7, 11) is 0. The smallest absolute Gasteiger partial charge is 0.163 e. The van der Waals surface area contributed by atoms with E-state index in [1.165, 1.54) is 0 Å². The standard InChI is InChI=1S/C20H16ClN5/c1-12-3-4-17-18(9-12)25-19(14-5-6-22-23-11-14)26-20(17)24-16-8-13(2)7-15(21)10-16/h3-11H,1-2H3,(H,24,25,26). The Bertz CT molecular complexity index is 1080. The van der Waals surface area contributed by atoms with Crippen molar-refractivity contribution in [2.45, 2.75) is 13.8 Å².